The maximum absolute atomic E-state index is 5.95. The molecule has 78 valence electrons. The van der Waals surface area contributed by atoms with E-state index in [1.54, 1.807) is 11.6 Å². The van der Waals surface area contributed by atoms with E-state index in [0.717, 1.165) is 4.34 Å². The minimum Gasteiger partial charge on any atom is -0.226 e. The van der Waals surface area contributed by atoms with Gasteiger partial charge >= 0.3 is 0 Å². The van der Waals surface area contributed by atoms with Gasteiger partial charge in [-0.05, 0) is 17.8 Å². The van der Waals surface area contributed by atoms with Crippen LogP contribution in [0.1, 0.15) is 0 Å². The monoisotopic (exact) mass is 297 g/mol. The molecule has 0 aliphatic carbocycles. The largest absolute Gasteiger partial charge is 0.226 e. The third kappa shape index (κ3) is 2.73. The van der Waals surface area contributed by atoms with Crippen molar-refractivity contribution < 1.29 is 0 Å². The van der Waals surface area contributed by atoms with Gasteiger partial charge in [-0.3, -0.25) is 0 Å². The van der Waals surface area contributed by atoms with Crippen molar-refractivity contribution in [3.8, 4) is 0 Å². The Kier molecular flexibility index (Phi) is 3.69. The Morgan fingerprint density at radius 1 is 1.20 bits per heavy atom. The first kappa shape index (κ1) is 11.4. The van der Waals surface area contributed by atoms with E-state index in [1.807, 2.05) is 0 Å². The highest BCUT2D eigenvalue weighted by molar-refractivity contribution is 8.01. The summed E-state index contributed by atoms with van der Waals surface area (Å²) in [6.07, 6.45) is 0. The van der Waals surface area contributed by atoms with Gasteiger partial charge in [-0.1, -0.05) is 46.1 Å². The molecule has 0 aromatic carbocycles. The molecule has 0 amide bonds. The van der Waals surface area contributed by atoms with Crippen LogP contribution in [0.15, 0.2) is 20.9 Å². The van der Waals surface area contributed by atoms with Crippen LogP contribution in [0.2, 0.25) is 15.2 Å². The zero-order valence-electron chi connectivity index (χ0n) is 6.95. The lowest BCUT2D eigenvalue weighted by molar-refractivity contribution is 1.01. The number of nitrogens with zero attached hydrogens (tertiary/aromatic N) is 3. The molecule has 0 atom stereocenters. The van der Waals surface area contributed by atoms with Crippen LogP contribution in [-0.2, 0) is 0 Å². The molecule has 0 saturated carbocycles. The van der Waals surface area contributed by atoms with Crippen molar-refractivity contribution in [3.63, 3.8) is 0 Å². The number of halogens is 3. The highest BCUT2D eigenvalue weighted by Gasteiger charge is 2.10. The fourth-order valence-electron chi connectivity index (χ4n) is 0.790. The molecule has 2 heterocycles. The molecule has 15 heavy (non-hydrogen) atoms. The quantitative estimate of drug-likeness (QED) is 0.784. The van der Waals surface area contributed by atoms with Crippen molar-refractivity contribution in [1.29, 1.82) is 0 Å². The lowest BCUT2D eigenvalue weighted by Gasteiger charge is -2.01. The fraction of sp³-hybridized carbons (Fsp3) is 0. The zero-order valence-corrected chi connectivity index (χ0v) is 10.8. The normalized spacial score (nSPS) is 10.6. The molecule has 2 aromatic rings. The maximum atomic E-state index is 5.95. The summed E-state index contributed by atoms with van der Waals surface area (Å²) in [6.45, 7) is 0. The molecule has 0 aliphatic heterocycles. The molecule has 2 rings (SSSR count). The van der Waals surface area contributed by atoms with Gasteiger partial charge in [-0.15, -0.1) is 10.2 Å². The van der Waals surface area contributed by atoms with Crippen LogP contribution in [0.5, 0.6) is 0 Å². The van der Waals surface area contributed by atoms with E-state index in [1.165, 1.54) is 23.1 Å². The summed E-state index contributed by atoms with van der Waals surface area (Å²) >= 11 is 20.2. The number of rotatable bonds is 2. The van der Waals surface area contributed by atoms with Gasteiger partial charge in [0.1, 0.15) is 15.7 Å². The van der Waals surface area contributed by atoms with Crippen molar-refractivity contribution in [1.82, 2.24) is 15.2 Å². The number of aromatic nitrogens is 3. The zero-order chi connectivity index (χ0) is 10.8. The molecule has 0 aliphatic rings. The third-order valence-corrected chi connectivity index (χ3v) is 4.23. The maximum Gasteiger partial charge on any atom is 0.180 e. The van der Waals surface area contributed by atoms with E-state index in [9.17, 15) is 0 Å². The molecule has 0 N–H and O–H groups in total. The smallest absolute Gasteiger partial charge is 0.180 e. The first-order valence-electron chi connectivity index (χ1n) is 3.62. The van der Waals surface area contributed by atoms with Gasteiger partial charge in [0.05, 0.1) is 10.0 Å². The first-order valence-corrected chi connectivity index (χ1v) is 6.45. The summed E-state index contributed by atoms with van der Waals surface area (Å²) in [4.78, 5) is 4.05. The van der Waals surface area contributed by atoms with E-state index >= 15 is 0 Å². The van der Waals surface area contributed by atoms with Gasteiger partial charge in [0, 0.05) is 0 Å². The van der Waals surface area contributed by atoms with Crippen LogP contribution in [0.25, 0.3) is 0 Å². The van der Waals surface area contributed by atoms with Gasteiger partial charge in [-0.25, -0.2) is 4.98 Å². The SMILES string of the molecule is Clc1cc(Cl)c(Sc2nncs2)nc1Cl. The molecule has 8 heteroatoms. The summed E-state index contributed by atoms with van der Waals surface area (Å²) in [5.74, 6) is 0. The minimum atomic E-state index is 0.230. The van der Waals surface area contributed by atoms with Crippen molar-refractivity contribution in [2.24, 2.45) is 0 Å². The van der Waals surface area contributed by atoms with E-state index in [4.69, 9.17) is 34.8 Å². The molecule has 0 bridgehead atoms. The predicted molar refractivity (Wildman–Crippen MR) is 63.3 cm³/mol. The number of hydrogen-bond donors (Lipinski definition) is 0. The summed E-state index contributed by atoms with van der Waals surface area (Å²) in [5.41, 5.74) is 1.63. The summed E-state index contributed by atoms with van der Waals surface area (Å²) < 4.78 is 0.753. The molecular weight excluding hydrogens is 297 g/mol. The summed E-state index contributed by atoms with van der Waals surface area (Å²) in [7, 11) is 0. The minimum absolute atomic E-state index is 0.230. The van der Waals surface area contributed by atoms with Gasteiger partial charge in [0.15, 0.2) is 4.34 Å². The second-order valence-corrected chi connectivity index (χ2v) is 5.60. The fourth-order valence-corrected chi connectivity index (χ4v) is 2.84. The second-order valence-electron chi connectivity index (χ2n) is 2.35. The molecular formula is C7H2Cl3N3S2. The van der Waals surface area contributed by atoms with Crippen molar-refractivity contribution in [3.05, 3.63) is 26.8 Å². The predicted octanol–water partition coefficient (Wildman–Crippen LogP) is 4.04. The number of hydrogen-bond acceptors (Lipinski definition) is 5. The van der Waals surface area contributed by atoms with Crippen molar-refractivity contribution in [2.75, 3.05) is 0 Å². The second kappa shape index (κ2) is 4.84. The summed E-state index contributed by atoms with van der Waals surface area (Å²) in [6, 6.07) is 1.56. The average molecular weight is 299 g/mol. The molecule has 0 unspecified atom stereocenters. The first-order chi connectivity index (χ1) is 7.16. The van der Waals surface area contributed by atoms with Gasteiger partial charge in [0.25, 0.3) is 0 Å². The van der Waals surface area contributed by atoms with E-state index < -0.39 is 0 Å². The van der Waals surface area contributed by atoms with Crippen LogP contribution in [0, 0.1) is 0 Å². The van der Waals surface area contributed by atoms with Crippen molar-refractivity contribution in [2.45, 2.75) is 9.37 Å². The van der Waals surface area contributed by atoms with E-state index in [-0.39, 0.29) is 5.15 Å². The molecule has 2 aromatic heterocycles. The standard InChI is InChI=1S/C7H2Cl3N3S2/c8-3-1-4(9)6(12-5(3)10)15-7-13-11-2-14-7/h1-2H. The summed E-state index contributed by atoms with van der Waals surface area (Å²) in [5, 5.41) is 9.15. The lowest BCUT2D eigenvalue weighted by atomic mass is 10.5. The number of pyridine rings is 1. The van der Waals surface area contributed by atoms with E-state index in [0.29, 0.717) is 15.1 Å². The molecule has 0 spiro atoms. The Hall–Kier alpha value is -0.0700. The van der Waals surface area contributed by atoms with E-state index in [2.05, 4.69) is 15.2 Å². The Morgan fingerprint density at radius 3 is 2.67 bits per heavy atom. The third-order valence-electron chi connectivity index (χ3n) is 1.38. The lowest BCUT2D eigenvalue weighted by Crippen LogP contribution is -1.84. The van der Waals surface area contributed by atoms with Crippen LogP contribution in [-0.4, -0.2) is 15.2 Å². The van der Waals surface area contributed by atoms with Gasteiger partial charge in [0.2, 0.25) is 0 Å². The molecule has 0 radical (unpaired) electrons. The van der Waals surface area contributed by atoms with Gasteiger partial charge in [-0.2, -0.15) is 0 Å². The van der Waals surface area contributed by atoms with Crippen LogP contribution in [0.3, 0.4) is 0 Å². The highest BCUT2D eigenvalue weighted by Crippen LogP contribution is 2.35. The van der Waals surface area contributed by atoms with Crippen LogP contribution in [0.4, 0.5) is 0 Å². The topological polar surface area (TPSA) is 38.7 Å². The van der Waals surface area contributed by atoms with Crippen molar-refractivity contribution >= 4 is 57.9 Å². The Morgan fingerprint density at radius 2 is 2.00 bits per heavy atom. The highest BCUT2D eigenvalue weighted by atomic mass is 35.5. The average Bonchev–Trinajstić information content (AvgIpc) is 2.67. The van der Waals surface area contributed by atoms with Gasteiger partial charge < -0.3 is 0 Å². The Bertz CT molecular complexity index is 475. The Balaban J connectivity index is 2.33. The Labute approximate surface area is 109 Å². The molecule has 0 fully saturated rings. The van der Waals surface area contributed by atoms with Crippen LogP contribution < -0.4 is 0 Å². The van der Waals surface area contributed by atoms with Crippen LogP contribution >= 0.6 is 57.9 Å². The molecule has 3 nitrogen and oxygen atoms in total. The molecule has 0 saturated heterocycles.